The molecule has 0 radical (unpaired) electrons. The average Bonchev–Trinajstić information content (AvgIpc) is 2.67. The summed E-state index contributed by atoms with van der Waals surface area (Å²) in [6.45, 7) is 3.79. The van der Waals surface area contributed by atoms with E-state index in [1.165, 1.54) is 13.0 Å². The zero-order valence-electron chi connectivity index (χ0n) is 15.5. The van der Waals surface area contributed by atoms with Crippen LogP contribution >= 0.6 is 0 Å². The molecule has 7 nitrogen and oxygen atoms in total. The van der Waals surface area contributed by atoms with Crippen molar-refractivity contribution in [2.24, 2.45) is 0 Å². The first kappa shape index (κ1) is 20.5. The molecular formula is C21H20N2O5. The van der Waals surface area contributed by atoms with Crippen LogP contribution in [-0.2, 0) is 9.59 Å². The second-order valence-electron chi connectivity index (χ2n) is 5.75. The van der Waals surface area contributed by atoms with Crippen molar-refractivity contribution in [2.45, 2.75) is 20.0 Å². The van der Waals surface area contributed by atoms with E-state index < -0.39 is 18.0 Å². The number of nitrogens with one attached hydrogen (secondary N) is 1. The number of ether oxygens (including phenoxy) is 2. The maximum Gasteiger partial charge on any atom is 0.344 e. The molecule has 7 heteroatoms. The lowest BCUT2D eigenvalue weighted by molar-refractivity contribution is -0.144. The Kier molecular flexibility index (Phi) is 7.17. The summed E-state index contributed by atoms with van der Waals surface area (Å²) in [6.07, 6.45) is 0.459. The molecule has 28 heavy (non-hydrogen) atoms. The van der Waals surface area contributed by atoms with Gasteiger partial charge in [0.15, 0.2) is 6.10 Å². The Morgan fingerprint density at radius 1 is 1.21 bits per heavy atom. The van der Waals surface area contributed by atoms with Crippen molar-refractivity contribution in [3.8, 4) is 17.6 Å². The molecule has 2 rings (SSSR count). The fourth-order valence-corrected chi connectivity index (χ4v) is 2.24. The fraction of sp³-hybridized carbons (Fsp3) is 0.190. The van der Waals surface area contributed by atoms with E-state index in [9.17, 15) is 14.9 Å². The third-order valence-electron chi connectivity index (χ3n) is 3.62. The average molecular weight is 380 g/mol. The molecule has 0 unspecified atom stereocenters. The number of hydrogen-bond donors (Lipinski definition) is 2. The molecule has 0 bridgehead atoms. The van der Waals surface area contributed by atoms with Gasteiger partial charge in [0.1, 0.15) is 23.1 Å². The number of carboxylic acid groups (broad SMARTS) is 1. The Labute approximate surface area is 162 Å². The van der Waals surface area contributed by atoms with Crippen molar-refractivity contribution in [1.29, 1.82) is 5.26 Å². The Morgan fingerprint density at radius 2 is 1.93 bits per heavy atom. The summed E-state index contributed by atoms with van der Waals surface area (Å²) in [5.41, 5.74) is 1.04. The highest BCUT2D eigenvalue weighted by Crippen LogP contribution is 2.19. The summed E-state index contributed by atoms with van der Waals surface area (Å²) in [7, 11) is 0. The van der Waals surface area contributed by atoms with Crippen molar-refractivity contribution >= 4 is 23.6 Å². The molecule has 0 fully saturated rings. The molecule has 2 aromatic carbocycles. The number of rotatable bonds is 8. The van der Waals surface area contributed by atoms with Crippen LogP contribution in [0.4, 0.5) is 5.69 Å². The lowest BCUT2D eigenvalue weighted by atomic mass is 10.1. The minimum absolute atomic E-state index is 0.0746. The number of aliphatic carboxylic acids is 1. The third-order valence-corrected chi connectivity index (χ3v) is 3.62. The van der Waals surface area contributed by atoms with Gasteiger partial charge in [-0.15, -0.1) is 0 Å². The largest absolute Gasteiger partial charge is 0.494 e. The van der Waals surface area contributed by atoms with Crippen molar-refractivity contribution in [1.82, 2.24) is 0 Å². The zero-order valence-corrected chi connectivity index (χ0v) is 15.5. The van der Waals surface area contributed by atoms with Crippen LogP contribution in [0.1, 0.15) is 19.4 Å². The standard InChI is InChI=1S/C21H20N2O5/c1-3-27-19-6-4-5-17(12-19)23-20(24)16(13-22)11-15-7-9-18(10-8-15)28-14(2)21(25)26/h4-12,14H,3H2,1-2H3,(H,23,24)(H,25,26)/b16-11-/t14-/m1/s1. The first-order valence-electron chi connectivity index (χ1n) is 8.58. The normalized spacial score (nSPS) is 11.8. The Bertz CT molecular complexity index is 913. The summed E-state index contributed by atoms with van der Waals surface area (Å²) in [4.78, 5) is 23.2. The van der Waals surface area contributed by atoms with Crippen LogP contribution in [0.25, 0.3) is 6.08 Å². The van der Waals surface area contributed by atoms with E-state index in [4.69, 9.17) is 14.6 Å². The number of nitrogens with zero attached hydrogens (tertiary/aromatic N) is 1. The Balaban J connectivity index is 2.10. The first-order valence-corrected chi connectivity index (χ1v) is 8.58. The van der Waals surface area contributed by atoms with Crippen LogP contribution in [0.15, 0.2) is 54.1 Å². The van der Waals surface area contributed by atoms with Crippen LogP contribution in [0.5, 0.6) is 11.5 Å². The number of carboxylic acids is 1. The minimum atomic E-state index is -1.07. The molecule has 2 aromatic rings. The Hall–Kier alpha value is -3.79. The second kappa shape index (κ2) is 9.78. The molecule has 0 aliphatic carbocycles. The van der Waals surface area contributed by atoms with E-state index in [2.05, 4.69) is 5.32 Å². The van der Waals surface area contributed by atoms with E-state index >= 15 is 0 Å². The van der Waals surface area contributed by atoms with Crippen LogP contribution < -0.4 is 14.8 Å². The van der Waals surface area contributed by atoms with Gasteiger partial charge in [0.05, 0.1) is 6.61 Å². The van der Waals surface area contributed by atoms with Crippen molar-refractivity contribution in [3.63, 3.8) is 0 Å². The minimum Gasteiger partial charge on any atom is -0.494 e. The molecule has 0 aliphatic heterocycles. The van der Waals surface area contributed by atoms with Crippen LogP contribution in [0.2, 0.25) is 0 Å². The number of benzene rings is 2. The van der Waals surface area contributed by atoms with Gasteiger partial charge in [0.2, 0.25) is 0 Å². The molecule has 0 heterocycles. The first-order chi connectivity index (χ1) is 13.4. The fourth-order valence-electron chi connectivity index (χ4n) is 2.24. The molecular weight excluding hydrogens is 360 g/mol. The van der Waals surface area contributed by atoms with Gasteiger partial charge in [0, 0.05) is 11.8 Å². The number of hydrogen-bond acceptors (Lipinski definition) is 5. The molecule has 144 valence electrons. The summed E-state index contributed by atoms with van der Waals surface area (Å²) < 4.78 is 10.6. The lowest BCUT2D eigenvalue weighted by Gasteiger charge is -2.10. The van der Waals surface area contributed by atoms with Gasteiger partial charge in [0.25, 0.3) is 5.91 Å². The summed E-state index contributed by atoms with van der Waals surface area (Å²) in [5, 5.41) is 20.8. The number of carbonyl (C=O) groups excluding carboxylic acids is 1. The maximum absolute atomic E-state index is 12.4. The summed E-state index contributed by atoms with van der Waals surface area (Å²) in [6, 6.07) is 15.2. The molecule has 0 aliphatic rings. The van der Waals surface area contributed by atoms with Crippen molar-refractivity contribution < 1.29 is 24.2 Å². The Morgan fingerprint density at radius 3 is 2.54 bits per heavy atom. The predicted octanol–water partition coefficient (Wildman–Crippen LogP) is 3.48. The molecule has 2 N–H and O–H groups in total. The zero-order chi connectivity index (χ0) is 20.5. The highest BCUT2D eigenvalue weighted by molar-refractivity contribution is 6.09. The smallest absolute Gasteiger partial charge is 0.344 e. The van der Waals surface area contributed by atoms with Gasteiger partial charge < -0.3 is 19.9 Å². The number of nitriles is 1. The molecule has 0 saturated carbocycles. The van der Waals surface area contributed by atoms with Crippen molar-refractivity contribution in [3.05, 3.63) is 59.7 Å². The van der Waals surface area contributed by atoms with E-state index in [0.717, 1.165) is 0 Å². The maximum atomic E-state index is 12.4. The number of carbonyl (C=O) groups is 2. The van der Waals surface area contributed by atoms with E-state index in [0.29, 0.717) is 29.4 Å². The van der Waals surface area contributed by atoms with Crippen molar-refractivity contribution in [2.75, 3.05) is 11.9 Å². The molecule has 1 amide bonds. The van der Waals surface area contributed by atoms with Crippen LogP contribution in [0.3, 0.4) is 0 Å². The van der Waals surface area contributed by atoms with E-state index in [1.54, 1.807) is 48.5 Å². The van der Waals surface area contributed by atoms with E-state index in [-0.39, 0.29) is 5.57 Å². The number of amides is 1. The lowest BCUT2D eigenvalue weighted by Crippen LogP contribution is -2.22. The topological polar surface area (TPSA) is 109 Å². The highest BCUT2D eigenvalue weighted by Gasteiger charge is 2.13. The molecule has 0 aromatic heterocycles. The SMILES string of the molecule is CCOc1cccc(NC(=O)/C(C#N)=C\c2ccc(O[C@H](C)C(=O)O)cc2)c1. The van der Waals surface area contributed by atoms with Crippen LogP contribution in [0, 0.1) is 11.3 Å². The van der Waals surface area contributed by atoms with Gasteiger partial charge in [-0.25, -0.2) is 4.79 Å². The summed E-state index contributed by atoms with van der Waals surface area (Å²) in [5.74, 6) is -0.617. The van der Waals surface area contributed by atoms with Gasteiger partial charge in [-0.1, -0.05) is 18.2 Å². The van der Waals surface area contributed by atoms with Crippen LogP contribution in [-0.4, -0.2) is 29.7 Å². The van der Waals surface area contributed by atoms with Gasteiger partial charge in [-0.2, -0.15) is 5.26 Å². The quantitative estimate of drug-likeness (QED) is 0.536. The predicted molar refractivity (Wildman–Crippen MR) is 104 cm³/mol. The third kappa shape index (κ3) is 5.88. The van der Waals surface area contributed by atoms with Gasteiger partial charge in [-0.3, -0.25) is 4.79 Å². The van der Waals surface area contributed by atoms with Gasteiger partial charge in [-0.05, 0) is 49.8 Å². The van der Waals surface area contributed by atoms with Gasteiger partial charge >= 0.3 is 5.97 Å². The molecule has 0 spiro atoms. The summed E-state index contributed by atoms with van der Waals surface area (Å²) >= 11 is 0. The second-order valence-corrected chi connectivity index (χ2v) is 5.75. The highest BCUT2D eigenvalue weighted by atomic mass is 16.5. The monoisotopic (exact) mass is 380 g/mol. The van der Waals surface area contributed by atoms with E-state index in [1.807, 2.05) is 13.0 Å². The number of anilines is 1. The molecule has 1 atom stereocenters. The molecule has 0 saturated heterocycles.